The average molecular weight is 349 g/mol. The van der Waals surface area contributed by atoms with Gasteiger partial charge in [0.1, 0.15) is 0 Å². The molecule has 0 saturated carbocycles. The minimum Gasteiger partial charge on any atom is -0.348 e. The second-order valence-corrected chi connectivity index (χ2v) is 5.42. The van der Waals surface area contributed by atoms with Crippen LogP contribution >= 0.6 is 15.9 Å². The van der Waals surface area contributed by atoms with E-state index in [2.05, 4.69) is 26.2 Å². The van der Waals surface area contributed by atoms with Gasteiger partial charge in [0.2, 0.25) is 0 Å². The van der Waals surface area contributed by atoms with E-state index in [1.165, 1.54) is 0 Å². The third-order valence-corrected chi connectivity index (χ3v) is 3.19. The predicted octanol–water partition coefficient (Wildman–Crippen LogP) is 4.42. The van der Waals surface area contributed by atoms with Crippen molar-refractivity contribution in [2.75, 3.05) is 0 Å². The van der Waals surface area contributed by atoms with Crippen LogP contribution in [-0.4, -0.2) is 10.9 Å². The zero-order valence-corrected chi connectivity index (χ0v) is 14.5. The fourth-order valence-electron chi connectivity index (χ4n) is 1.75. The molecule has 1 aromatic heterocycles. The lowest BCUT2D eigenvalue weighted by molar-refractivity contribution is 0.0950. The van der Waals surface area contributed by atoms with Crippen molar-refractivity contribution < 1.29 is 4.79 Å². The van der Waals surface area contributed by atoms with E-state index in [9.17, 15) is 4.79 Å². The van der Waals surface area contributed by atoms with Gasteiger partial charge in [-0.05, 0) is 49.2 Å². The number of aryl methyl sites for hydroxylation is 2. The van der Waals surface area contributed by atoms with Crippen LogP contribution in [0, 0.1) is 13.8 Å². The molecule has 2 rings (SSSR count). The van der Waals surface area contributed by atoms with Crippen molar-refractivity contribution in [1.82, 2.24) is 10.3 Å². The lowest BCUT2D eigenvalue weighted by Crippen LogP contribution is -2.22. The van der Waals surface area contributed by atoms with Gasteiger partial charge in [0, 0.05) is 28.5 Å². The molecule has 4 heteroatoms. The van der Waals surface area contributed by atoms with Crippen molar-refractivity contribution in [3.8, 4) is 0 Å². The minimum absolute atomic E-state index is 0.0787. The molecule has 0 spiro atoms. The minimum atomic E-state index is -0.0787. The highest BCUT2D eigenvalue weighted by Crippen LogP contribution is 2.15. The van der Waals surface area contributed by atoms with Crippen molar-refractivity contribution in [2.24, 2.45) is 0 Å². The number of pyridine rings is 1. The van der Waals surface area contributed by atoms with Crippen molar-refractivity contribution >= 4 is 21.8 Å². The first-order valence-corrected chi connectivity index (χ1v) is 7.81. The molecule has 0 saturated heterocycles. The van der Waals surface area contributed by atoms with E-state index in [0.29, 0.717) is 12.1 Å². The Morgan fingerprint density at radius 2 is 1.90 bits per heavy atom. The number of halogens is 1. The predicted molar refractivity (Wildman–Crippen MR) is 90.4 cm³/mol. The molecular formula is C17H21BrN2O. The van der Waals surface area contributed by atoms with Gasteiger partial charge in [-0.3, -0.25) is 9.78 Å². The molecule has 0 aliphatic carbocycles. The summed E-state index contributed by atoms with van der Waals surface area (Å²) < 4.78 is 0.912. The summed E-state index contributed by atoms with van der Waals surface area (Å²) in [6.45, 7) is 8.38. The Labute approximate surface area is 134 Å². The third-order valence-electron chi connectivity index (χ3n) is 2.73. The van der Waals surface area contributed by atoms with Crippen LogP contribution in [0.25, 0.3) is 0 Å². The first-order valence-electron chi connectivity index (χ1n) is 7.01. The lowest BCUT2D eigenvalue weighted by Gasteiger charge is -2.07. The van der Waals surface area contributed by atoms with E-state index >= 15 is 0 Å². The molecule has 0 bridgehead atoms. The summed E-state index contributed by atoms with van der Waals surface area (Å²) in [7, 11) is 0. The number of hydrogen-bond donors (Lipinski definition) is 1. The maximum Gasteiger partial charge on any atom is 0.251 e. The van der Waals surface area contributed by atoms with E-state index in [4.69, 9.17) is 0 Å². The highest BCUT2D eigenvalue weighted by Gasteiger charge is 2.06. The average Bonchev–Trinajstić information content (AvgIpc) is 2.47. The smallest absolute Gasteiger partial charge is 0.251 e. The Bertz CT molecular complexity index is 574. The molecule has 2 aromatic rings. The van der Waals surface area contributed by atoms with Gasteiger partial charge < -0.3 is 5.32 Å². The van der Waals surface area contributed by atoms with Crippen LogP contribution in [0.5, 0.6) is 0 Å². The maximum atomic E-state index is 12.0. The second-order valence-electron chi connectivity index (χ2n) is 4.51. The standard InChI is InChI=1S/C15H15BrN2O.C2H6/c1-10-5-13(7-14(16)6-10)15(19)18-9-12-4-3-11(2)17-8-12;1-2/h3-8H,9H2,1-2H3,(H,18,19);1-2H3. The Kier molecular flexibility index (Phi) is 7.09. The van der Waals surface area contributed by atoms with Gasteiger partial charge in [-0.1, -0.05) is 35.8 Å². The summed E-state index contributed by atoms with van der Waals surface area (Å²) in [5.74, 6) is -0.0787. The molecular weight excluding hydrogens is 328 g/mol. The number of amides is 1. The zero-order valence-electron chi connectivity index (χ0n) is 12.9. The molecule has 0 unspecified atom stereocenters. The molecule has 0 fully saturated rings. The van der Waals surface area contributed by atoms with Gasteiger partial charge in [-0.2, -0.15) is 0 Å². The van der Waals surface area contributed by atoms with Gasteiger partial charge in [0.25, 0.3) is 5.91 Å². The van der Waals surface area contributed by atoms with E-state index in [1.807, 2.05) is 58.0 Å². The summed E-state index contributed by atoms with van der Waals surface area (Å²) in [5.41, 5.74) is 3.67. The fraction of sp³-hybridized carbons (Fsp3) is 0.294. The number of carbonyl (C=O) groups excluding carboxylic acids is 1. The van der Waals surface area contributed by atoms with Crippen LogP contribution in [0.1, 0.15) is 41.0 Å². The van der Waals surface area contributed by atoms with Gasteiger partial charge in [-0.25, -0.2) is 0 Å². The van der Waals surface area contributed by atoms with Gasteiger partial charge in [-0.15, -0.1) is 0 Å². The molecule has 0 aliphatic rings. The number of hydrogen-bond acceptors (Lipinski definition) is 2. The van der Waals surface area contributed by atoms with Crippen LogP contribution in [0.3, 0.4) is 0 Å². The number of rotatable bonds is 3. The number of benzene rings is 1. The monoisotopic (exact) mass is 348 g/mol. The van der Waals surface area contributed by atoms with Crippen LogP contribution in [0.15, 0.2) is 41.0 Å². The topological polar surface area (TPSA) is 42.0 Å². The molecule has 3 nitrogen and oxygen atoms in total. The maximum absolute atomic E-state index is 12.0. The zero-order chi connectivity index (χ0) is 15.8. The second kappa shape index (κ2) is 8.57. The van der Waals surface area contributed by atoms with E-state index in [1.54, 1.807) is 6.20 Å². The number of nitrogens with one attached hydrogen (secondary N) is 1. The van der Waals surface area contributed by atoms with Crippen molar-refractivity contribution in [3.63, 3.8) is 0 Å². The molecule has 0 atom stereocenters. The van der Waals surface area contributed by atoms with E-state index < -0.39 is 0 Å². The molecule has 21 heavy (non-hydrogen) atoms. The normalized spacial score (nSPS) is 9.57. The Morgan fingerprint density at radius 3 is 2.48 bits per heavy atom. The van der Waals surface area contributed by atoms with Gasteiger partial charge in [0.05, 0.1) is 0 Å². The molecule has 1 aromatic carbocycles. The molecule has 1 N–H and O–H groups in total. The molecule has 1 heterocycles. The summed E-state index contributed by atoms with van der Waals surface area (Å²) in [6, 6.07) is 9.56. The number of carbonyl (C=O) groups is 1. The Balaban J connectivity index is 0.00000106. The quantitative estimate of drug-likeness (QED) is 0.891. The van der Waals surface area contributed by atoms with Gasteiger partial charge >= 0.3 is 0 Å². The van der Waals surface area contributed by atoms with E-state index in [0.717, 1.165) is 21.3 Å². The Morgan fingerprint density at radius 1 is 1.19 bits per heavy atom. The van der Waals surface area contributed by atoms with Crippen molar-refractivity contribution in [3.05, 3.63) is 63.4 Å². The molecule has 0 radical (unpaired) electrons. The highest BCUT2D eigenvalue weighted by molar-refractivity contribution is 9.10. The number of aromatic nitrogens is 1. The van der Waals surface area contributed by atoms with Crippen LogP contribution < -0.4 is 5.32 Å². The molecule has 1 amide bonds. The number of nitrogens with zero attached hydrogens (tertiary/aromatic N) is 1. The van der Waals surface area contributed by atoms with E-state index in [-0.39, 0.29) is 5.91 Å². The highest BCUT2D eigenvalue weighted by atomic mass is 79.9. The summed E-state index contributed by atoms with van der Waals surface area (Å²) in [5, 5.41) is 2.89. The Hall–Kier alpha value is -1.68. The molecule has 0 aliphatic heterocycles. The van der Waals surface area contributed by atoms with Crippen LogP contribution in [0.2, 0.25) is 0 Å². The fourth-order valence-corrected chi connectivity index (χ4v) is 2.36. The lowest BCUT2D eigenvalue weighted by atomic mass is 10.1. The van der Waals surface area contributed by atoms with Crippen LogP contribution in [0.4, 0.5) is 0 Å². The SMILES string of the molecule is CC.Cc1cc(Br)cc(C(=O)NCc2ccc(C)nc2)c1. The molecule has 112 valence electrons. The summed E-state index contributed by atoms with van der Waals surface area (Å²) in [4.78, 5) is 16.2. The van der Waals surface area contributed by atoms with Crippen LogP contribution in [-0.2, 0) is 6.54 Å². The van der Waals surface area contributed by atoms with Crippen molar-refractivity contribution in [2.45, 2.75) is 34.2 Å². The largest absolute Gasteiger partial charge is 0.348 e. The summed E-state index contributed by atoms with van der Waals surface area (Å²) in [6.07, 6.45) is 1.78. The third kappa shape index (κ3) is 5.68. The summed E-state index contributed by atoms with van der Waals surface area (Å²) >= 11 is 3.40. The first kappa shape index (κ1) is 17.4. The van der Waals surface area contributed by atoms with Crippen molar-refractivity contribution in [1.29, 1.82) is 0 Å². The first-order chi connectivity index (χ1) is 10.0. The van der Waals surface area contributed by atoms with Gasteiger partial charge in [0.15, 0.2) is 0 Å².